The zero-order chi connectivity index (χ0) is 12.1. The van der Waals surface area contributed by atoms with Crippen molar-refractivity contribution in [3.63, 3.8) is 0 Å². The average molecular weight is 236 g/mol. The molecule has 0 radical (unpaired) electrons. The van der Waals surface area contributed by atoms with Crippen molar-refractivity contribution >= 4 is 10.2 Å². The molecule has 0 aromatic heterocycles. The lowest BCUT2D eigenvalue weighted by atomic mass is 10.5. The maximum Gasteiger partial charge on any atom is 0.310 e. The molecule has 0 aromatic carbocycles. The Hall–Kier alpha value is -0.780. The van der Waals surface area contributed by atoms with Gasteiger partial charge in [-0.1, -0.05) is 52.5 Å². The third kappa shape index (κ3) is 5.80. The molecule has 0 amide bonds. The van der Waals surface area contributed by atoms with Gasteiger partial charge in [0.15, 0.2) is 0 Å². The van der Waals surface area contributed by atoms with Gasteiger partial charge in [0, 0.05) is 0 Å². The highest BCUT2D eigenvalue weighted by molar-refractivity contribution is 8.48. The molecule has 0 rings (SSSR count). The zero-order valence-corrected chi connectivity index (χ0v) is 8.76. The summed E-state index contributed by atoms with van der Waals surface area (Å²) in [6, 6.07) is 0. The van der Waals surface area contributed by atoms with Gasteiger partial charge in [0.05, 0.1) is 0 Å². The van der Waals surface area contributed by atoms with Crippen molar-refractivity contribution in [2.45, 2.75) is 13.8 Å². The smallest absolute Gasteiger partial charge is 0.0990 e. The van der Waals surface area contributed by atoms with Crippen LogP contribution in [0.25, 0.3) is 0 Å². The van der Waals surface area contributed by atoms with E-state index in [0.717, 1.165) is 0 Å². The van der Waals surface area contributed by atoms with Crippen LogP contribution >= 0.6 is 10.2 Å². The summed E-state index contributed by atoms with van der Waals surface area (Å²) in [6.07, 6.45) is 0.896. The van der Waals surface area contributed by atoms with Crippen LogP contribution in [-0.4, -0.2) is 0 Å². The highest BCUT2D eigenvalue weighted by Crippen LogP contribution is 3.02. The molecule has 0 nitrogen and oxygen atoms in total. The highest BCUT2D eigenvalue weighted by atomic mass is 32.5. The predicted molar refractivity (Wildman–Crippen MR) is 53.0 cm³/mol. The van der Waals surface area contributed by atoms with Crippen molar-refractivity contribution in [2.75, 3.05) is 0 Å². The molecule has 0 fully saturated rings. The number of rotatable bonds is 3. The van der Waals surface area contributed by atoms with Crippen molar-refractivity contribution in [3.8, 4) is 0 Å². The Morgan fingerprint density at radius 1 is 1.00 bits per heavy atom. The summed E-state index contributed by atoms with van der Waals surface area (Å²) in [6.45, 7) is 9.54. The maximum absolute atomic E-state index is 11.9. The second-order valence-electron chi connectivity index (χ2n) is 1.98. The van der Waals surface area contributed by atoms with Crippen molar-refractivity contribution in [1.82, 2.24) is 0 Å². The summed E-state index contributed by atoms with van der Waals surface area (Å²) < 4.78 is 59.4. The first-order chi connectivity index (χ1) is 6.01. The molecule has 0 saturated heterocycles. The summed E-state index contributed by atoms with van der Waals surface area (Å²) in [5, 5.41) is 0. The first-order valence-corrected chi connectivity index (χ1v) is 5.65. The molecule has 0 spiro atoms. The van der Waals surface area contributed by atoms with Gasteiger partial charge in [-0.15, -0.1) is 0 Å². The Kier molecular flexibility index (Phi) is 4.21. The van der Waals surface area contributed by atoms with Crippen LogP contribution in [0, 0.1) is 0 Å². The molecule has 86 valence electrons. The minimum atomic E-state index is -9.53. The van der Waals surface area contributed by atoms with Gasteiger partial charge in [-0.25, -0.2) is 0 Å². The van der Waals surface area contributed by atoms with Gasteiger partial charge in [-0.3, -0.25) is 0 Å². The van der Waals surface area contributed by atoms with E-state index in [1.54, 1.807) is 0 Å². The van der Waals surface area contributed by atoms with Crippen LogP contribution in [0.3, 0.4) is 0 Å². The van der Waals surface area contributed by atoms with Gasteiger partial charge in [0.25, 0.3) is 0 Å². The molecule has 6 heteroatoms. The monoisotopic (exact) mass is 236 g/mol. The van der Waals surface area contributed by atoms with E-state index >= 15 is 0 Å². The third-order valence-electron chi connectivity index (χ3n) is 0.929. The van der Waals surface area contributed by atoms with Crippen molar-refractivity contribution in [3.05, 3.63) is 36.3 Å². The van der Waals surface area contributed by atoms with Gasteiger partial charge >= 0.3 is 10.2 Å². The topological polar surface area (TPSA) is 0 Å². The van der Waals surface area contributed by atoms with E-state index in [4.69, 9.17) is 0 Å². The summed E-state index contributed by atoms with van der Waals surface area (Å²) in [7, 11) is -9.53. The molecule has 0 aliphatic carbocycles. The van der Waals surface area contributed by atoms with E-state index in [1.807, 2.05) is 13.8 Å². The van der Waals surface area contributed by atoms with Crippen molar-refractivity contribution in [1.29, 1.82) is 0 Å². The summed E-state index contributed by atoms with van der Waals surface area (Å²) >= 11 is 0. The summed E-state index contributed by atoms with van der Waals surface area (Å²) in [5.41, 5.74) is 0. The Morgan fingerprint density at radius 3 is 1.43 bits per heavy atom. The minimum absolute atomic E-state index is 0.0727. The fraction of sp³-hybridized carbons (Fsp3) is 0.250. The van der Waals surface area contributed by atoms with E-state index in [1.165, 1.54) is 0 Å². The molecule has 0 saturated carbocycles. The first kappa shape index (κ1) is 15.7. The van der Waals surface area contributed by atoms with E-state index in [2.05, 4.69) is 13.2 Å². The molecule has 0 unspecified atom stereocenters. The molecule has 0 N–H and O–H groups in total. The average Bonchev–Trinajstić information content (AvgIpc) is 1.99. The van der Waals surface area contributed by atoms with Crippen LogP contribution in [0.15, 0.2) is 36.3 Å². The quantitative estimate of drug-likeness (QED) is 0.444. The number of hydrogen-bond acceptors (Lipinski definition) is 0. The second-order valence-corrected chi connectivity index (χ2v) is 4.39. The lowest BCUT2D eigenvalue weighted by Crippen LogP contribution is -2.06. The van der Waals surface area contributed by atoms with E-state index in [9.17, 15) is 19.4 Å². The number of halogens is 5. The van der Waals surface area contributed by atoms with Gasteiger partial charge in [-0.2, -0.15) is 0 Å². The zero-order valence-electron chi connectivity index (χ0n) is 7.94. The summed E-state index contributed by atoms with van der Waals surface area (Å²) in [5.74, 6) is 0. The molecular weight excluding hydrogens is 223 g/mol. The van der Waals surface area contributed by atoms with Crippen LogP contribution in [0.1, 0.15) is 13.8 Å². The standard InChI is InChI=1S/C6H7F5S.C2H6/c1-3-5-6(4-2)12(7,8,9,10)11;1-2/h3-5H,1-2H2;1-2H3/b6-5+;. The number of allylic oxidation sites excluding steroid dienone is 3. The van der Waals surface area contributed by atoms with Gasteiger partial charge in [-0.05, 0) is 12.2 Å². The molecular formula is C8H13F5S. The first-order valence-electron chi connectivity index (χ1n) is 3.70. The Bertz CT molecular complexity index is 245. The fourth-order valence-corrected chi connectivity index (χ4v) is 1.14. The van der Waals surface area contributed by atoms with Crippen LogP contribution in [0.2, 0.25) is 0 Å². The third-order valence-corrected chi connectivity index (χ3v) is 2.12. The second kappa shape index (κ2) is 3.76. The Balaban J connectivity index is 0. The lowest BCUT2D eigenvalue weighted by Gasteiger charge is -2.41. The van der Waals surface area contributed by atoms with Gasteiger partial charge in [0.2, 0.25) is 0 Å². The van der Waals surface area contributed by atoms with Crippen molar-refractivity contribution < 1.29 is 19.4 Å². The molecule has 0 heterocycles. The van der Waals surface area contributed by atoms with E-state index < -0.39 is 15.1 Å². The predicted octanol–water partition coefficient (Wildman–Crippen LogP) is 5.57. The SMILES string of the molecule is C=C/C=C(\C=C)S(F)(F)(F)(F)F.CC. The Morgan fingerprint density at radius 2 is 1.36 bits per heavy atom. The molecule has 0 aliphatic rings. The molecule has 0 aromatic rings. The molecule has 0 aliphatic heterocycles. The highest BCUT2D eigenvalue weighted by Gasteiger charge is 2.65. The molecule has 0 atom stereocenters. The van der Waals surface area contributed by atoms with Crippen molar-refractivity contribution in [2.24, 2.45) is 0 Å². The number of hydrogen-bond donors (Lipinski definition) is 0. The van der Waals surface area contributed by atoms with E-state index in [0.29, 0.717) is 6.08 Å². The maximum atomic E-state index is 11.9. The minimum Gasteiger partial charge on any atom is -0.0990 e. The van der Waals surface area contributed by atoms with Crippen LogP contribution < -0.4 is 0 Å². The van der Waals surface area contributed by atoms with Gasteiger partial charge < -0.3 is 0 Å². The largest absolute Gasteiger partial charge is 0.310 e. The van der Waals surface area contributed by atoms with E-state index in [-0.39, 0.29) is 12.2 Å². The molecule has 0 bridgehead atoms. The normalized spacial score (nSPS) is 16.9. The van der Waals surface area contributed by atoms with Crippen LogP contribution in [0.4, 0.5) is 19.4 Å². The molecule has 14 heavy (non-hydrogen) atoms. The Labute approximate surface area is 80.5 Å². The van der Waals surface area contributed by atoms with Crippen LogP contribution in [0.5, 0.6) is 0 Å². The fourth-order valence-electron chi connectivity index (χ4n) is 0.470. The van der Waals surface area contributed by atoms with Gasteiger partial charge in [0.1, 0.15) is 4.91 Å². The van der Waals surface area contributed by atoms with Crippen LogP contribution in [-0.2, 0) is 0 Å². The lowest BCUT2D eigenvalue weighted by molar-refractivity contribution is 0.380. The summed E-state index contributed by atoms with van der Waals surface area (Å²) in [4.78, 5) is -2.02.